The highest BCUT2D eigenvalue weighted by Crippen LogP contribution is 2.29. The summed E-state index contributed by atoms with van der Waals surface area (Å²) in [7, 11) is 1.58. The van der Waals surface area contributed by atoms with Crippen molar-refractivity contribution in [2.24, 2.45) is 11.8 Å². The smallest absolute Gasteiger partial charge is 0.303 e. The number of carboxylic acid groups (broad SMARTS) is 1. The van der Waals surface area contributed by atoms with Crippen LogP contribution in [-0.2, 0) is 4.79 Å². The second-order valence-corrected chi connectivity index (χ2v) is 5.34. The van der Waals surface area contributed by atoms with Crippen molar-refractivity contribution in [3.8, 4) is 5.88 Å². The van der Waals surface area contributed by atoms with E-state index in [0.717, 1.165) is 31.7 Å². The molecule has 1 saturated heterocycles. The molecule has 0 bridgehead atoms. The van der Waals surface area contributed by atoms with Crippen LogP contribution in [0, 0.1) is 11.8 Å². The van der Waals surface area contributed by atoms with Crippen LogP contribution in [-0.4, -0.2) is 41.2 Å². The average molecular weight is 279 g/mol. The second-order valence-electron chi connectivity index (χ2n) is 5.34. The fourth-order valence-electron chi connectivity index (χ4n) is 2.74. The first-order valence-corrected chi connectivity index (χ1v) is 6.93. The maximum absolute atomic E-state index is 10.8. The van der Waals surface area contributed by atoms with Crippen molar-refractivity contribution in [1.29, 1.82) is 0 Å². The Bertz CT molecular complexity index is 467. The van der Waals surface area contributed by atoms with E-state index in [1.807, 2.05) is 13.0 Å². The Hall–Kier alpha value is -1.85. The van der Waals surface area contributed by atoms with Gasteiger partial charge in [0.2, 0.25) is 5.88 Å². The molecule has 0 aromatic carbocycles. The van der Waals surface area contributed by atoms with Crippen molar-refractivity contribution in [2.45, 2.75) is 26.2 Å². The Morgan fingerprint density at radius 2 is 2.40 bits per heavy atom. The number of nitrogens with zero attached hydrogens (tertiary/aromatic N) is 3. The van der Waals surface area contributed by atoms with Gasteiger partial charge in [-0.25, -0.2) is 9.97 Å². The number of aromatic nitrogens is 2. The SMILES string of the molecule is COc1cc(N2CCCC(C(C)CC(=O)O)C2)ncn1. The van der Waals surface area contributed by atoms with Crippen LogP contribution in [0.25, 0.3) is 0 Å². The zero-order chi connectivity index (χ0) is 14.5. The standard InChI is InChI=1S/C14H21N3O3/c1-10(6-14(18)19)11-4-3-5-17(8-11)12-7-13(20-2)16-9-15-12/h7,9-11H,3-6,8H2,1-2H3,(H,18,19). The number of methoxy groups -OCH3 is 1. The molecule has 1 aliphatic heterocycles. The molecule has 1 aromatic rings. The molecule has 1 N–H and O–H groups in total. The summed E-state index contributed by atoms with van der Waals surface area (Å²) >= 11 is 0. The first-order valence-electron chi connectivity index (χ1n) is 6.93. The molecule has 2 heterocycles. The van der Waals surface area contributed by atoms with Gasteiger partial charge in [-0.2, -0.15) is 0 Å². The second kappa shape index (κ2) is 6.54. The molecule has 2 rings (SSSR count). The summed E-state index contributed by atoms with van der Waals surface area (Å²) in [6.45, 7) is 3.80. The van der Waals surface area contributed by atoms with E-state index in [1.165, 1.54) is 6.33 Å². The highest BCUT2D eigenvalue weighted by atomic mass is 16.5. The highest BCUT2D eigenvalue weighted by molar-refractivity contribution is 5.67. The fourth-order valence-corrected chi connectivity index (χ4v) is 2.74. The van der Waals surface area contributed by atoms with E-state index in [0.29, 0.717) is 11.8 Å². The minimum Gasteiger partial charge on any atom is -0.481 e. The summed E-state index contributed by atoms with van der Waals surface area (Å²) < 4.78 is 5.12. The first-order chi connectivity index (χ1) is 9.60. The number of carbonyl (C=O) groups is 1. The van der Waals surface area contributed by atoms with Gasteiger partial charge in [0.05, 0.1) is 7.11 Å². The Balaban J connectivity index is 2.04. The molecule has 0 amide bonds. The number of anilines is 1. The Morgan fingerprint density at radius 1 is 1.60 bits per heavy atom. The normalized spacial score (nSPS) is 20.5. The van der Waals surface area contributed by atoms with Gasteiger partial charge in [0.25, 0.3) is 0 Å². The van der Waals surface area contributed by atoms with E-state index < -0.39 is 5.97 Å². The van der Waals surface area contributed by atoms with Gasteiger partial charge in [-0.3, -0.25) is 4.79 Å². The van der Waals surface area contributed by atoms with Gasteiger partial charge < -0.3 is 14.7 Å². The van der Waals surface area contributed by atoms with Crippen LogP contribution in [0.2, 0.25) is 0 Å². The topological polar surface area (TPSA) is 75.5 Å². The van der Waals surface area contributed by atoms with Gasteiger partial charge in [0, 0.05) is 25.6 Å². The summed E-state index contributed by atoms with van der Waals surface area (Å²) in [5.41, 5.74) is 0. The largest absolute Gasteiger partial charge is 0.481 e. The lowest BCUT2D eigenvalue weighted by atomic mass is 9.84. The predicted molar refractivity (Wildman–Crippen MR) is 74.9 cm³/mol. The van der Waals surface area contributed by atoms with E-state index in [2.05, 4.69) is 14.9 Å². The van der Waals surface area contributed by atoms with Crippen LogP contribution in [0.15, 0.2) is 12.4 Å². The third-order valence-electron chi connectivity index (χ3n) is 3.92. The van der Waals surface area contributed by atoms with E-state index in [1.54, 1.807) is 7.11 Å². The fraction of sp³-hybridized carbons (Fsp3) is 0.643. The molecule has 6 nitrogen and oxygen atoms in total. The highest BCUT2D eigenvalue weighted by Gasteiger charge is 2.26. The van der Waals surface area contributed by atoms with Crippen LogP contribution in [0.1, 0.15) is 26.2 Å². The zero-order valence-electron chi connectivity index (χ0n) is 12.0. The Labute approximate surface area is 118 Å². The molecule has 0 spiro atoms. The molecule has 1 fully saturated rings. The van der Waals surface area contributed by atoms with E-state index >= 15 is 0 Å². The molecule has 6 heteroatoms. The van der Waals surface area contributed by atoms with Gasteiger partial charge in [0.15, 0.2) is 0 Å². The van der Waals surface area contributed by atoms with Crippen molar-refractivity contribution in [3.05, 3.63) is 12.4 Å². The summed E-state index contributed by atoms with van der Waals surface area (Å²) in [6, 6.07) is 1.82. The van der Waals surface area contributed by atoms with E-state index in [4.69, 9.17) is 9.84 Å². The summed E-state index contributed by atoms with van der Waals surface area (Å²) in [5, 5.41) is 8.92. The molecule has 110 valence electrons. The maximum Gasteiger partial charge on any atom is 0.303 e. The number of hydrogen-bond donors (Lipinski definition) is 1. The summed E-state index contributed by atoms with van der Waals surface area (Å²) in [6.07, 6.45) is 3.86. The monoisotopic (exact) mass is 279 g/mol. The van der Waals surface area contributed by atoms with Crippen molar-refractivity contribution in [2.75, 3.05) is 25.1 Å². The van der Waals surface area contributed by atoms with E-state index in [-0.39, 0.29) is 12.3 Å². The summed E-state index contributed by atoms with van der Waals surface area (Å²) in [4.78, 5) is 21.3. The van der Waals surface area contributed by atoms with Crippen molar-refractivity contribution >= 4 is 11.8 Å². The van der Waals surface area contributed by atoms with Gasteiger partial charge in [-0.05, 0) is 24.7 Å². The number of rotatable bonds is 5. The van der Waals surface area contributed by atoms with Crippen molar-refractivity contribution in [3.63, 3.8) is 0 Å². The van der Waals surface area contributed by atoms with Crippen LogP contribution >= 0.6 is 0 Å². The molecule has 2 unspecified atom stereocenters. The number of aliphatic carboxylic acids is 1. The van der Waals surface area contributed by atoms with E-state index in [9.17, 15) is 4.79 Å². The Morgan fingerprint density at radius 3 is 3.10 bits per heavy atom. The van der Waals surface area contributed by atoms with Crippen LogP contribution in [0.4, 0.5) is 5.82 Å². The molecule has 20 heavy (non-hydrogen) atoms. The Kier molecular flexibility index (Phi) is 4.76. The number of ether oxygens (including phenoxy) is 1. The van der Waals surface area contributed by atoms with Crippen LogP contribution in [0.3, 0.4) is 0 Å². The van der Waals surface area contributed by atoms with Crippen LogP contribution < -0.4 is 9.64 Å². The number of hydrogen-bond acceptors (Lipinski definition) is 5. The van der Waals surface area contributed by atoms with Crippen LogP contribution in [0.5, 0.6) is 5.88 Å². The molecule has 0 radical (unpaired) electrons. The van der Waals surface area contributed by atoms with Gasteiger partial charge in [-0.1, -0.05) is 6.92 Å². The molecule has 1 aromatic heterocycles. The van der Waals surface area contributed by atoms with Gasteiger partial charge in [-0.15, -0.1) is 0 Å². The van der Waals surface area contributed by atoms with Gasteiger partial charge >= 0.3 is 5.97 Å². The lowest BCUT2D eigenvalue weighted by molar-refractivity contribution is -0.138. The summed E-state index contributed by atoms with van der Waals surface area (Å²) in [5.74, 6) is 1.25. The first kappa shape index (κ1) is 14.6. The molecule has 0 saturated carbocycles. The molecule has 0 aliphatic carbocycles. The zero-order valence-corrected chi connectivity index (χ0v) is 12.0. The van der Waals surface area contributed by atoms with Crippen molar-refractivity contribution in [1.82, 2.24) is 9.97 Å². The minimum atomic E-state index is -0.724. The third-order valence-corrected chi connectivity index (χ3v) is 3.92. The molecular weight excluding hydrogens is 258 g/mol. The maximum atomic E-state index is 10.8. The quantitative estimate of drug-likeness (QED) is 0.886. The number of carboxylic acids is 1. The number of piperidine rings is 1. The molecule has 2 atom stereocenters. The molecular formula is C14H21N3O3. The molecule has 1 aliphatic rings. The lowest BCUT2D eigenvalue weighted by Gasteiger charge is -2.36. The van der Waals surface area contributed by atoms with Gasteiger partial charge in [0.1, 0.15) is 12.1 Å². The average Bonchev–Trinajstić information content (AvgIpc) is 2.47. The third kappa shape index (κ3) is 3.59. The predicted octanol–water partition coefficient (Wildman–Crippen LogP) is 1.81. The lowest BCUT2D eigenvalue weighted by Crippen LogP contribution is -2.38. The minimum absolute atomic E-state index is 0.180. The van der Waals surface area contributed by atoms with Crippen molar-refractivity contribution < 1.29 is 14.6 Å².